The number of nitrogens with one attached hydrogen (secondary N) is 1. The molecule has 1 fully saturated rings. The van der Waals surface area contributed by atoms with Gasteiger partial charge in [-0.3, -0.25) is 0 Å². The molecule has 0 bridgehead atoms. The number of ether oxygens (including phenoxy) is 2. The highest BCUT2D eigenvalue weighted by Crippen LogP contribution is 2.48. The minimum absolute atomic E-state index is 0.515. The predicted molar refractivity (Wildman–Crippen MR) is 68.7 cm³/mol. The lowest BCUT2D eigenvalue weighted by molar-refractivity contribution is 0.266. The highest BCUT2D eigenvalue weighted by Gasteiger charge is 2.41. The Kier molecular flexibility index (Phi) is 3.89. The first-order valence-electron chi connectivity index (χ1n) is 6.19. The number of rotatable bonds is 7. The Bertz CT molecular complexity index is 344. The lowest BCUT2D eigenvalue weighted by atomic mass is 10.0. The Morgan fingerprint density at radius 1 is 1.18 bits per heavy atom. The van der Waals surface area contributed by atoms with E-state index in [9.17, 15) is 0 Å². The van der Waals surface area contributed by atoms with E-state index >= 15 is 0 Å². The van der Waals surface area contributed by atoms with Gasteiger partial charge in [-0.05, 0) is 56.0 Å². The van der Waals surface area contributed by atoms with E-state index in [0.29, 0.717) is 5.41 Å². The molecule has 0 spiro atoms. The summed E-state index contributed by atoms with van der Waals surface area (Å²) >= 11 is 0. The molecule has 0 amide bonds. The zero-order valence-electron chi connectivity index (χ0n) is 10.7. The first-order chi connectivity index (χ1) is 8.28. The minimum atomic E-state index is 0.515. The molecular formula is C14H21NO2. The molecule has 1 aromatic rings. The Labute approximate surface area is 103 Å². The fourth-order valence-corrected chi connectivity index (χ4v) is 2.12. The maximum absolute atomic E-state index is 5.74. The molecule has 0 atom stereocenters. The quantitative estimate of drug-likeness (QED) is 0.787. The van der Waals surface area contributed by atoms with Crippen LogP contribution in [0.5, 0.6) is 11.5 Å². The molecule has 0 unspecified atom stereocenters. The van der Waals surface area contributed by atoms with Gasteiger partial charge in [0.2, 0.25) is 0 Å². The Morgan fingerprint density at radius 2 is 1.82 bits per heavy atom. The summed E-state index contributed by atoms with van der Waals surface area (Å²) in [6.45, 7) is 1.91. The van der Waals surface area contributed by atoms with Gasteiger partial charge in [0, 0.05) is 6.54 Å². The summed E-state index contributed by atoms with van der Waals surface area (Å²) in [7, 11) is 3.69. The van der Waals surface area contributed by atoms with Crippen LogP contribution < -0.4 is 14.8 Å². The van der Waals surface area contributed by atoms with Crippen LogP contribution in [0.3, 0.4) is 0 Å². The van der Waals surface area contributed by atoms with E-state index in [4.69, 9.17) is 9.47 Å². The van der Waals surface area contributed by atoms with Crippen molar-refractivity contribution < 1.29 is 9.47 Å². The van der Waals surface area contributed by atoms with Gasteiger partial charge in [0.05, 0.1) is 13.7 Å². The second kappa shape index (κ2) is 5.41. The molecule has 0 radical (unpaired) electrons. The van der Waals surface area contributed by atoms with Crippen molar-refractivity contribution in [3.05, 3.63) is 24.3 Å². The molecule has 0 aromatic heterocycles. The van der Waals surface area contributed by atoms with Crippen molar-refractivity contribution >= 4 is 0 Å². The maximum Gasteiger partial charge on any atom is 0.119 e. The third kappa shape index (κ3) is 3.37. The monoisotopic (exact) mass is 235 g/mol. The Balaban J connectivity index is 1.74. The molecule has 1 aliphatic carbocycles. The second-order valence-corrected chi connectivity index (χ2v) is 4.80. The van der Waals surface area contributed by atoms with E-state index in [1.54, 1.807) is 7.11 Å². The van der Waals surface area contributed by atoms with Gasteiger partial charge in [0.1, 0.15) is 11.5 Å². The minimum Gasteiger partial charge on any atom is -0.497 e. The van der Waals surface area contributed by atoms with E-state index < -0.39 is 0 Å². The SMILES string of the molecule is CNCC1(CCOc2ccc(OC)cc2)CC1. The van der Waals surface area contributed by atoms with Crippen molar-refractivity contribution in [2.45, 2.75) is 19.3 Å². The highest BCUT2D eigenvalue weighted by molar-refractivity contribution is 5.31. The lowest BCUT2D eigenvalue weighted by Gasteiger charge is -2.14. The molecule has 17 heavy (non-hydrogen) atoms. The zero-order valence-corrected chi connectivity index (χ0v) is 10.7. The molecule has 0 saturated heterocycles. The average Bonchev–Trinajstić information content (AvgIpc) is 3.11. The van der Waals surface area contributed by atoms with Gasteiger partial charge in [-0.15, -0.1) is 0 Å². The molecule has 3 nitrogen and oxygen atoms in total. The average molecular weight is 235 g/mol. The molecule has 1 N–H and O–H groups in total. The molecule has 0 aliphatic heterocycles. The summed E-state index contributed by atoms with van der Waals surface area (Å²) in [4.78, 5) is 0. The van der Waals surface area contributed by atoms with Gasteiger partial charge in [-0.25, -0.2) is 0 Å². The molecular weight excluding hydrogens is 214 g/mol. The third-order valence-electron chi connectivity index (χ3n) is 3.47. The van der Waals surface area contributed by atoms with Crippen molar-refractivity contribution in [2.75, 3.05) is 27.3 Å². The standard InChI is InChI=1S/C14H21NO2/c1-15-11-14(7-8-14)9-10-17-13-5-3-12(16-2)4-6-13/h3-6,15H,7-11H2,1-2H3. The van der Waals surface area contributed by atoms with Crippen LogP contribution in [0.15, 0.2) is 24.3 Å². The summed E-state index contributed by atoms with van der Waals surface area (Å²) in [5.74, 6) is 1.79. The summed E-state index contributed by atoms with van der Waals surface area (Å²) in [5.41, 5.74) is 0.515. The number of methoxy groups -OCH3 is 1. The van der Waals surface area contributed by atoms with Crippen LogP contribution in [0, 0.1) is 5.41 Å². The molecule has 94 valence electrons. The largest absolute Gasteiger partial charge is 0.497 e. The van der Waals surface area contributed by atoms with Crippen LogP contribution in [0.25, 0.3) is 0 Å². The first-order valence-corrected chi connectivity index (χ1v) is 6.19. The number of hydrogen-bond donors (Lipinski definition) is 1. The summed E-state index contributed by atoms with van der Waals surface area (Å²) in [6.07, 6.45) is 3.81. The predicted octanol–water partition coefficient (Wildman–Crippen LogP) is 2.46. The van der Waals surface area contributed by atoms with E-state index in [-0.39, 0.29) is 0 Å². The van der Waals surface area contributed by atoms with Gasteiger partial charge in [0.25, 0.3) is 0 Å². The summed E-state index contributed by atoms with van der Waals surface area (Å²) < 4.78 is 10.9. The van der Waals surface area contributed by atoms with Crippen LogP contribution in [-0.4, -0.2) is 27.3 Å². The van der Waals surface area contributed by atoms with Gasteiger partial charge in [0.15, 0.2) is 0 Å². The lowest BCUT2D eigenvalue weighted by Crippen LogP contribution is -2.21. The summed E-state index contributed by atoms with van der Waals surface area (Å²) in [5, 5.41) is 3.26. The van der Waals surface area contributed by atoms with Crippen molar-refractivity contribution in [2.24, 2.45) is 5.41 Å². The van der Waals surface area contributed by atoms with Gasteiger partial charge in [-0.2, -0.15) is 0 Å². The van der Waals surface area contributed by atoms with Gasteiger partial charge in [-0.1, -0.05) is 0 Å². The molecule has 3 heteroatoms. The molecule has 1 aliphatic rings. The number of hydrogen-bond acceptors (Lipinski definition) is 3. The molecule has 2 rings (SSSR count). The topological polar surface area (TPSA) is 30.5 Å². The fourth-order valence-electron chi connectivity index (χ4n) is 2.12. The number of benzene rings is 1. The van der Waals surface area contributed by atoms with E-state index in [0.717, 1.165) is 31.1 Å². The van der Waals surface area contributed by atoms with E-state index in [1.165, 1.54) is 12.8 Å². The zero-order chi connectivity index (χ0) is 12.1. The van der Waals surface area contributed by atoms with Crippen molar-refractivity contribution in [3.63, 3.8) is 0 Å². The highest BCUT2D eigenvalue weighted by atomic mass is 16.5. The Hall–Kier alpha value is -1.22. The van der Waals surface area contributed by atoms with Crippen LogP contribution in [0.4, 0.5) is 0 Å². The van der Waals surface area contributed by atoms with Crippen molar-refractivity contribution in [1.29, 1.82) is 0 Å². The van der Waals surface area contributed by atoms with Gasteiger partial charge >= 0.3 is 0 Å². The van der Waals surface area contributed by atoms with Gasteiger partial charge < -0.3 is 14.8 Å². The van der Waals surface area contributed by atoms with Crippen LogP contribution in [0.1, 0.15) is 19.3 Å². The van der Waals surface area contributed by atoms with Crippen molar-refractivity contribution in [3.8, 4) is 11.5 Å². The van der Waals surface area contributed by atoms with Crippen LogP contribution in [0.2, 0.25) is 0 Å². The molecule has 1 saturated carbocycles. The first kappa shape index (κ1) is 12.2. The third-order valence-corrected chi connectivity index (χ3v) is 3.47. The normalized spacial score (nSPS) is 16.6. The fraction of sp³-hybridized carbons (Fsp3) is 0.571. The second-order valence-electron chi connectivity index (χ2n) is 4.80. The van der Waals surface area contributed by atoms with E-state index in [1.807, 2.05) is 31.3 Å². The Morgan fingerprint density at radius 3 is 2.35 bits per heavy atom. The smallest absolute Gasteiger partial charge is 0.119 e. The van der Waals surface area contributed by atoms with Crippen LogP contribution in [-0.2, 0) is 0 Å². The maximum atomic E-state index is 5.74. The molecule has 1 aromatic carbocycles. The summed E-state index contributed by atoms with van der Waals surface area (Å²) in [6, 6.07) is 7.76. The van der Waals surface area contributed by atoms with E-state index in [2.05, 4.69) is 5.32 Å². The van der Waals surface area contributed by atoms with Crippen molar-refractivity contribution in [1.82, 2.24) is 5.32 Å². The van der Waals surface area contributed by atoms with Crippen LogP contribution >= 0.6 is 0 Å². The molecule has 0 heterocycles.